The van der Waals surface area contributed by atoms with Gasteiger partial charge in [0.1, 0.15) is 11.6 Å². The standard InChI is InChI=1S/C17H27N3O2/c1-2-3-4-5-11-20-13-15(18-19-20)8-6-7-14-9-10-16(21)12-17(14)22/h13-14H,2-12H2,1H3. The first-order chi connectivity index (χ1) is 10.7. The number of unbranched alkanes of at least 4 members (excludes halogenated alkanes) is 3. The smallest absolute Gasteiger partial charge is 0.143 e. The molecule has 0 aliphatic heterocycles. The predicted molar refractivity (Wildman–Crippen MR) is 84.5 cm³/mol. The Morgan fingerprint density at radius 1 is 1.23 bits per heavy atom. The van der Waals surface area contributed by atoms with E-state index in [0.29, 0.717) is 6.42 Å². The lowest BCUT2D eigenvalue weighted by Crippen LogP contribution is -2.24. The summed E-state index contributed by atoms with van der Waals surface area (Å²) in [6, 6.07) is 0. The minimum Gasteiger partial charge on any atom is -0.299 e. The van der Waals surface area contributed by atoms with E-state index >= 15 is 0 Å². The van der Waals surface area contributed by atoms with E-state index in [1.165, 1.54) is 19.3 Å². The first-order valence-corrected chi connectivity index (χ1v) is 8.62. The summed E-state index contributed by atoms with van der Waals surface area (Å²) in [5, 5.41) is 8.36. The van der Waals surface area contributed by atoms with Gasteiger partial charge < -0.3 is 0 Å². The molecule has 5 nitrogen and oxygen atoms in total. The van der Waals surface area contributed by atoms with Crippen molar-refractivity contribution in [1.29, 1.82) is 0 Å². The van der Waals surface area contributed by atoms with Crippen LogP contribution in [0.3, 0.4) is 0 Å². The van der Waals surface area contributed by atoms with Gasteiger partial charge in [-0.3, -0.25) is 14.3 Å². The van der Waals surface area contributed by atoms with Crippen molar-refractivity contribution >= 4 is 11.6 Å². The summed E-state index contributed by atoms with van der Waals surface area (Å²) in [5.41, 5.74) is 1.01. The van der Waals surface area contributed by atoms with Crippen LogP contribution in [0.5, 0.6) is 0 Å². The van der Waals surface area contributed by atoms with Gasteiger partial charge in [-0.2, -0.15) is 0 Å². The van der Waals surface area contributed by atoms with Crippen LogP contribution < -0.4 is 0 Å². The molecule has 1 aliphatic rings. The zero-order valence-electron chi connectivity index (χ0n) is 13.6. The Hall–Kier alpha value is -1.52. The van der Waals surface area contributed by atoms with Crippen molar-refractivity contribution in [2.75, 3.05) is 0 Å². The first-order valence-electron chi connectivity index (χ1n) is 8.62. The van der Waals surface area contributed by atoms with Crippen molar-refractivity contribution in [1.82, 2.24) is 15.0 Å². The lowest BCUT2D eigenvalue weighted by molar-refractivity contribution is -0.132. The summed E-state index contributed by atoms with van der Waals surface area (Å²) >= 11 is 0. The molecule has 0 bridgehead atoms. The number of Topliss-reactive ketones (excluding diaryl/α,β-unsaturated/α-hetero) is 2. The van der Waals surface area contributed by atoms with Gasteiger partial charge in [0.2, 0.25) is 0 Å². The maximum atomic E-state index is 11.8. The number of carbonyl (C=O) groups is 2. The van der Waals surface area contributed by atoms with Crippen molar-refractivity contribution in [3.05, 3.63) is 11.9 Å². The third-order valence-electron chi connectivity index (χ3n) is 4.41. The summed E-state index contributed by atoms with van der Waals surface area (Å²) in [7, 11) is 0. The highest BCUT2D eigenvalue weighted by atomic mass is 16.1. The third kappa shape index (κ3) is 5.35. The van der Waals surface area contributed by atoms with Crippen molar-refractivity contribution in [2.45, 2.75) is 77.7 Å². The number of aromatic nitrogens is 3. The van der Waals surface area contributed by atoms with Crippen molar-refractivity contribution in [3.8, 4) is 0 Å². The lowest BCUT2D eigenvalue weighted by atomic mass is 9.84. The summed E-state index contributed by atoms with van der Waals surface area (Å²) < 4.78 is 1.93. The van der Waals surface area contributed by atoms with Crippen LogP contribution in [0.15, 0.2) is 6.20 Å². The summed E-state index contributed by atoms with van der Waals surface area (Å²) in [6.45, 7) is 3.15. The number of hydrogen-bond donors (Lipinski definition) is 0. The number of ketones is 2. The molecule has 0 N–H and O–H groups in total. The fraction of sp³-hybridized carbons (Fsp3) is 0.765. The molecule has 0 radical (unpaired) electrons. The van der Waals surface area contributed by atoms with Gasteiger partial charge in [-0.15, -0.1) is 5.10 Å². The van der Waals surface area contributed by atoms with E-state index in [4.69, 9.17) is 0 Å². The number of rotatable bonds is 9. The number of hydrogen-bond acceptors (Lipinski definition) is 4. The first kappa shape index (κ1) is 16.8. The summed E-state index contributed by atoms with van der Waals surface area (Å²) in [4.78, 5) is 23.0. The zero-order chi connectivity index (χ0) is 15.8. The normalized spacial score (nSPS) is 18.9. The van der Waals surface area contributed by atoms with Crippen LogP contribution >= 0.6 is 0 Å². The SMILES string of the molecule is CCCCCCn1cc(CCCC2CCC(=O)CC2=O)nn1. The van der Waals surface area contributed by atoms with Crippen LogP contribution in [0.4, 0.5) is 0 Å². The fourth-order valence-electron chi connectivity index (χ4n) is 3.02. The fourth-order valence-corrected chi connectivity index (χ4v) is 3.02. The van der Waals surface area contributed by atoms with E-state index in [-0.39, 0.29) is 23.9 Å². The average Bonchev–Trinajstić information content (AvgIpc) is 2.94. The zero-order valence-corrected chi connectivity index (χ0v) is 13.6. The number of aryl methyl sites for hydroxylation is 2. The van der Waals surface area contributed by atoms with Crippen LogP contribution in [0.1, 0.15) is 70.4 Å². The second kappa shape index (κ2) is 8.81. The Bertz CT molecular complexity index is 496. The van der Waals surface area contributed by atoms with Crippen molar-refractivity contribution in [2.24, 2.45) is 5.92 Å². The molecular formula is C17H27N3O2. The highest BCUT2D eigenvalue weighted by Gasteiger charge is 2.26. The molecule has 1 heterocycles. The Morgan fingerprint density at radius 3 is 2.86 bits per heavy atom. The van der Waals surface area contributed by atoms with E-state index in [9.17, 15) is 9.59 Å². The second-order valence-electron chi connectivity index (χ2n) is 6.34. The number of carbonyl (C=O) groups excluding carboxylic acids is 2. The molecule has 2 rings (SSSR count). The molecule has 0 amide bonds. The molecule has 1 unspecified atom stereocenters. The van der Waals surface area contributed by atoms with Gasteiger partial charge in [-0.1, -0.05) is 31.4 Å². The molecule has 1 aromatic rings. The van der Waals surface area contributed by atoms with Gasteiger partial charge in [0.25, 0.3) is 0 Å². The minimum absolute atomic E-state index is 0.0850. The minimum atomic E-state index is 0.0850. The highest BCUT2D eigenvalue weighted by molar-refractivity contribution is 6.02. The van der Waals surface area contributed by atoms with Crippen LogP contribution in [0.25, 0.3) is 0 Å². The maximum Gasteiger partial charge on any atom is 0.143 e. The molecule has 0 saturated heterocycles. The van der Waals surface area contributed by atoms with Crippen molar-refractivity contribution in [3.63, 3.8) is 0 Å². The van der Waals surface area contributed by atoms with Gasteiger partial charge in [0, 0.05) is 25.1 Å². The van der Waals surface area contributed by atoms with E-state index in [1.807, 2.05) is 10.9 Å². The van der Waals surface area contributed by atoms with Gasteiger partial charge in [-0.25, -0.2) is 0 Å². The van der Waals surface area contributed by atoms with Crippen LogP contribution in [-0.4, -0.2) is 26.6 Å². The van der Waals surface area contributed by atoms with Gasteiger partial charge in [0.05, 0.1) is 12.1 Å². The molecule has 1 aliphatic carbocycles. The van der Waals surface area contributed by atoms with E-state index in [1.54, 1.807) is 0 Å². The van der Waals surface area contributed by atoms with E-state index in [0.717, 1.165) is 44.3 Å². The molecule has 1 atom stereocenters. The Balaban J connectivity index is 1.66. The van der Waals surface area contributed by atoms with E-state index < -0.39 is 0 Å². The van der Waals surface area contributed by atoms with Gasteiger partial charge in [0.15, 0.2) is 0 Å². The average molecular weight is 305 g/mol. The van der Waals surface area contributed by atoms with Crippen LogP contribution in [0, 0.1) is 5.92 Å². The van der Waals surface area contributed by atoms with Gasteiger partial charge >= 0.3 is 0 Å². The summed E-state index contributed by atoms with van der Waals surface area (Å²) in [5.74, 6) is 0.324. The molecule has 1 fully saturated rings. The Labute approximate surface area is 132 Å². The molecule has 5 heteroatoms. The quantitative estimate of drug-likeness (QED) is 0.519. The van der Waals surface area contributed by atoms with Gasteiger partial charge in [-0.05, 0) is 32.1 Å². The molecule has 122 valence electrons. The molecule has 22 heavy (non-hydrogen) atoms. The Kier molecular flexibility index (Phi) is 6.74. The molecule has 1 saturated carbocycles. The lowest BCUT2D eigenvalue weighted by Gasteiger charge is -2.19. The largest absolute Gasteiger partial charge is 0.299 e. The molecule has 0 spiro atoms. The highest BCUT2D eigenvalue weighted by Crippen LogP contribution is 2.23. The molecular weight excluding hydrogens is 278 g/mol. The second-order valence-corrected chi connectivity index (χ2v) is 6.34. The molecule has 0 aromatic carbocycles. The third-order valence-corrected chi connectivity index (χ3v) is 4.41. The molecule has 1 aromatic heterocycles. The summed E-state index contributed by atoms with van der Waals surface area (Å²) in [6.07, 6.45) is 11.1. The monoisotopic (exact) mass is 305 g/mol. The predicted octanol–water partition coefficient (Wildman–Crippen LogP) is 3.12. The number of nitrogens with zero attached hydrogens (tertiary/aromatic N) is 3. The van der Waals surface area contributed by atoms with Crippen LogP contribution in [0.2, 0.25) is 0 Å². The maximum absolute atomic E-state index is 11.8. The topological polar surface area (TPSA) is 64.8 Å². The Morgan fingerprint density at radius 2 is 2.09 bits per heavy atom. The van der Waals surface area contributed by atoms with Crippen LogP contribution in [-0.2, 0) is 22.6 Å². The van der Waals surface area contributed by atoms with Crippen molar-refractivity contribution < 1.29 is 9.59 Å². The van der Waals surface area contributed by atoms with E-state index in [2.05, 4.69) is 17.2 Å².